The standard InChI is InChI=1S/C14H18N4O5/c1-2-6-15-13(22)16-7-8-23-12(21)14(18-10-20)5-3-4-11(14)17-9-19/h2,11H,1,3-8H2,(H2,15,16,22). The van der Waals surface area contributed by atoms with Crippen LogP contribution in [0.25, 0.3) is 0 Å². The van der Waals surface area contributed by atoms with E-state index in [9.17, 15) is 19.2 Å². The Bertz CT molecular complexity index is 551. The second-order valence-corrected chi connectivity index (χ2v) is 4.82. The molecule has 0 aliphatic heterocycles. The fraction of sp³-hybridized carbons (Fsp3) is 0.571. The van der Waals surface area contributed by atoms with Crippen LogP contribution in [0.1, 0.15) is 19.3 Å². The molecule has 1 fully saturated rings. The summed E-state index contributed by atoms with van der Waals surface area (Å²) >= 11 is 0. The molecule has 9 nitrogen and oxygen atoms in total. The fourth-order valence-electron chi connectivity index (χ4n) is 2.36. The van der Waals surface area contributed by atoms with E-state index in [2.05, 4.69) is 27.2 Å². The van der Waals surface area contributed by atoms with Crippen LogP contribution in [0.2, 0.25) is 0 Å². The Morgan fingerprint density at radius 1 is 1.35 bits per heavy atom. The van der Waals surface area contributed by atoms with Crippen molar-refractivity contribution in [1.82, 2.24) is 10.6 Å². The first-order chi connectivity index (χ1) is 11.1. The third-order valence-electron chi connectivity index (χ3n) is 3.42. The summed E-state index contributed by atoms with van der Waals surface area (Å²) < 4.78 is 5.05. The van der Waals surface area contributed by atoms with Crippen LogP contribution in [0.4, 0.5) is 4.79 Å². The van der Waals surface area contributed by atoms with Crippen molar-refractivity contribution in [2.45, 2.75) is 30.8 Å². The molecule has 23 heavy (non-hydrogen) atoms. The highest BCUT2D eigenvalue weighted by Gasteiger charge is 2.51. The Kier molecular flexibility index (Phi) is 7.39. The van der Waals surface area contributed by atoms with Crippen molar-refractivity contribution in [2.75, 3.05) is 19.7 Å². The van der Waals surface area contributed by atoms with Crippen LogP contribution < -0.4 is 10.6 Å². The predicted octanol–water partition coefficient (Wildman–Crippen LogP) is -0.0223. The van der Waals surface area contributed by atoms with Gasteiger partial charge in [0.05, 0.1) is 12.6 Å². The Morgan fingerprint density at radius 3 is 2.78 bits per heavy atom. The van der Waals surface area contributed by atoms with Gasteiger partial charge >= 0.3 is 12.0 Å². The number of carbonyl (C=O) groups is 2. The molecule has 0 spiro atoms. The zero-order valence-electron chi connectivity index (χ0n) is 12.5. The number of nitrogens with one attached hydrogen (secondary N) is 2. The van der Waals surface area contributed by atoms with Gasteiger partial charge in [-0.1, -0.05) is 6.08 Å². The molecule has 2 atom stereocenters. The highest BCUT2D eigenvalue weighted by atomic mass is 16.5. The van der Waals surface area contributed by atoms with Crippen molar-refractivity contribution in [3.8, 4) is 0 Å². The van der Waals surface area contributed by atoms with Gasteiger partial charge in [-0.25, -0.2) is 19.2 Å². The molecule has 2 N–H and O–H groups in total. The number of urea groups is 1. The first-order valence-electron chi connectivity index (χ1n) is 7.06. The van der Waals surface area contributed by atoms with Gasteiger partial charge in [-0.2, -0.15) is 9.98 Å². The third-order valence-corrected chi connectivity index (χ3v) is 3.42. The van der Waals surface area contributed by atoms with Crippen molar-refractivity contribution in [1.29, 1.82) is 0 Å². The number of hydrogen-bond acceptors (Lipinski definition) is 7. The van der Waals surface area contributed by atoms with E-state index in [4.69, 9.17) is 4.74 Å². The molecule has 0 bridgehead atoms. The minimum absolute atomic E-state index is 0.0806. The molecule has 2 amide bonds. The lowest BCUT2D eigenvalue weighted by Gasteiger charge is -2.24. The number of aliphatic imine (C=N–C) groups is 2. The Hall–Kier alpha value is -2.76. The van der Waals surface area contributed by atoms with Crippen LogP contribution in [0.5, 0.6) is 0 Å². The summed E-state index contributed by atoms with van der Waals surface area (Å²) in [6.45, 7) is 3.74. The number of carbonyl (C=O) groups excluding carboxylic acids is 4. The van der Waals surface area contributed by atoms with E-state index in [0.717, 1.165) is 0 Å². The molecule has 9 heteroatoms. The highest BCUT2D eigenvalue weighted by molar-refractivity contribution is 5.84. The molecule has 2 unspecified atom stereocenters. The number of nitrogens with zero attached hydrogens (tertiary/aromatic N) is 2. The van der Waals surface area contributed by atoms with E-state index in [1.165, 1.54) is 18.2 Å². The first-order valence-corrected chi connectivity index (χ1v) is 7.06. The highest BCUT2D eigenvalue weighted by Crippen LogP contribution is 2.36. The van der Waals surface area contributed by atoms with Crippen LogP contribution in [0, 0.1) is 0 Å². The molecule has 1 aliphatic rings. The van der Waals surface area contributed by atoms with Crippen LogP contribution in [-0.4, -0.2) is 55.4 Å². The van der Waals surface area contributed by atoms with Gasteiger partial charge in [0.1, 0.15) is 6.61 Å². The van der Waals surface area contributed by atoms with Gasteiger partial charge in [0.15, 0.2) is 5.54 Å². The maximum absolute atomic E-state index is 12.2. The minimum Gasteiger partial charge on any atom is -0.462 e. The second kappa shape index (κ2) is 9.30. The summed E-state index contributed by atoms with van der Waals surface area (Å²) in [6, 6.07) is -1.20. The molecule has 0 aromatic rings. The lowest BCUT2D eigenvalue weighted by atomic mass is 9.94. The maximum Gasteiger partial charge on any atom is 0.337 e. The normalized spacial score (nSPS) is 22.2. The van der Waals surface area contributed by atoms with E-state index < -0.39 is 23.6 Å². The molecule has 0 aromatic heterocycles. The van der Waals surface area contributed by atoms with Gasteiger partial charge in [0.25, 0.3) is 0 Å². The number of amides is 2. The molecule has 1 saturated carbocycles. The van der Waals surface area contributed by atoms with Crippen LogP contribution >= 0.6 is 0 Å². The maximum atomic E-state index is 12.2. The largest absolute Gasteiger partial charge is 0.462 e. The Morgan fingerprint density at radius 2 is 2.13 bits per heavy atom. The summed E-state index contributed by atoms with van der Waals surface area (Å²) in [7, 11) is 0. The van der Waals surface area contributed by atoms with Crippen LogP contribution in [0.3, 0.4) is 0 Å². The molecule has 0 heterocycles. The number of hydrogen-bond donors (Lipinski definition) is 2. The number of rotatable bonds is 8. The monoisotopic (exact) mass is 322 g/mol. The van der Waals surface area contributed by atoms with E-state index in [-0.39, 0.29) is 19.6 Å². The van der Waals surface area contributed by atoms with Gasteiger partial charge in [-0.15, -0.1) is 6.58 Å². The first kappa shape index (κ1) is 18.3. The Labute approximate surface area is 132 Å². The minimum atomic E-state index is -1.52. The summed E-state index contributed by atoms with van der Waals surface area (Å²) in [5.41, 5.74) is -1.52. The quantitative estimate of drug-likeness (QED) is 0.213. The average molecular weight is 322 g/mol. The van der Waals surface area contributed by atoms with Crippen molar-refractivity contribution in [2.24, 2.45) is 9.98 Å². The molecule has 0 aromatic carbocycles. The topological polar surface area (TPSA) is 126 Å². The van der Waals surface area contributed by atoms with Crippen molar-refractivity contribution in [3.05, 3.63) is 12.7 Å². The summed E-state index contributed by atoms with van der Waals surface area (Å²) in [6.07, 6.45) is 5.49. The molecule has 0 saturated heterocycles. The van der Waals surface area contributed by atoms with Crippen LogP contribution in [-0.2, 0) is 19.1 Å². The summed E-state index contributed by atoms with van der Waals surface area (Å²) in [5.74, 6) is -0.768. The number of isocyanates is 2. The number of ether oxygens (including phenoxy) is 1. The molecule has 1 aliphatic carbocycles. The van der Waals surface area contributed by atoms with Crippen molar-refractivity contribution >= 4 is 24.2 Å². The van der Waals surface area contributed by atoms with Gasteiger partial charge in [0.2, 0.25) is 12.2 Å². The number of esters is 1. The average Bonchev–Trinajstić information content (AvgIpc) is 2.94. The van der Waals surface area contributed by atoms with Crippen molar-refractivity contribution in [3.63, 3.8) is 0 Å². The molecule has 0 radical (unpaired) electrons. The molecular formula is C14H18N4O5. The zero-order valence-corrected chi connectivity index (χ0v) is 12.5. The van der Waals surface area contributed by atoms with E-state index in [1.54, 1.807) is 0 Å². The smallest absolute Gasteiger partial charge is 0.337 e. The Balaban J connectivity index is 2.56. The van der Waals surface area contributed by atoms with Gasteiger partial charge in [-0.3, -0.25) is 0 Å². The van der Waals surface area contributed by atoms with Crippen molar-refractivity contribution < 1.29 is 23.9 Å². The van der Waals surface area contributed by atoms with Gasteiger partial charge < -0.3 is 15.4 Å². The van der Waals surface area contributed by atoms with Gasteiger partial charge in [-0.05, 0) is 19.3 Å². The SMILES string of the molecule is C=CCNC(=O)NCCOC(=O)C1(N=C=O)CCCC1N=C=O. The van der Waals surface area contributed by atoms with E-state index in [1.807, 2.05) is 0 Å². The summed E-state index contributed by atoms with van der Waals surface area (Å²) in [5, 5.41) is 4.97. The van der Waals surface area contributed by atoms with Gasteiger partial charge in [0, 0.05) is 6.54 Å². The zero-order chi connectivity index (χ0) is 17.1. The molecule has 124 valence electrons. The van der Waals surface area contributed by atoms with Crippen LogP contribution in [0.15, 0.2) is 22.6 Å². The lowest BCUT2D eigenvalue weighted by Crippen LogP contribution is -2.45. The summed E-state index contributed by atoms with van der Waals surface area (Å²) in [4.78, 5) is 51.7. The van der Waals surface area contributed by atoms with E-state index in [0.29, 0.717) is 19.4 Å². The molecular weight excluding hydrogens is 304 g/mol. The fourth-order valence-corrected chi connectivity index (χ4v) is 2.36. The lowest BCUT2D eigenvalue weighted by molar-refractivity contribution is -0.150. The van der Waals surface area contributed by atoms with E-state index >= 15 is 0 Å². The molecule has 1 rings (SSSR count). The predicted molar refractivity (Wildman–Crippen MR) is 79.2 cm³/mol. The third kappa shape index (κ3) is 4.88. The second-order valence-electron chi connectivity index (χ2n) is 4.82.